The molecule has 0 aliphatic carbocycles. The van der Waals surface area contributed by atoms with Crippen LogP contribution >= 0.6 is 0 Å². The molecule has 2 rings (SSSR count). The largest absolute Gasteiger partial charge is 0.410 e. The third-order valence-electron chi connectivity index (χ3n) is 3.44. The van der Waals surface area contributed by atoms with Crippen LogP contribution in [-0.2, 0) is 0 Å². The van der Waals surface area contributed by atoms with Crippen molar-refractivity contribution in [3.8, 4) is 0 Å². The van der Waals surface area contributed by atoms with Gasteiger partial charge in [0.05, 0.1) is 0 Å². The van der Waals surface area contributed by atoms with E-state index >= 15 is 0 Å². The van der Waals surface area contributed by atoms with Crippen molar-refractivity contribution in [2.75, 3.05) is 11.9 Å². The van der Waals surface area contributed by atoms with Gasteiger partial charge in [-0.05, 0) is 18.6 Å². The van der Waals surface area contributed by atoms with Crippen LogP contribution in [0, 0.1) is 0 Å². The quantitative estimate of drug-likeness (QED) is 0.259. The summed E-state index contributed by atoms with van der Waals surface area (Å²) in [6.07, 6.45) is 3.31. The number of hydrogen-bond donors (Lipinski definition) is 2. The predicted molar refractivity (Wildman–Crippen MR) is 96.7 cm³/mol. The summed E-state index contributed by atoms with van der Waals surface area (Å²) in [6.45, 7) is 2.87. The number of nitrogens with zero attached hydrogens (tertiary/aromatic N) is 2. The number of benzene rings is 2. The van der Waals surface area contributed by atoms with Gasteiger partial charge in [-0.25, -0.2) is 0 Å². The topological polar surface area (TPSA) is 57.0 Å². The molecule has 0 heterocycles. The molecule has 0 atom stereocenters. The minimum Gasteiger partial charge on any atom is -0.410 e. The normalized spacial score (nSPS) is 12.2. The van der Waals surface area contributed by atoms with Gasteiger partial charge in [-0.15, -0.1) is 0 Å². The number of aliphatic imine (C=N–C) groups is 1. The maximum Gasteiger partial charge on any atom is 0.155 e. The highest BCUT2D eigenvalue weighted by Crippen LogP contribution is 2.10. The summed E-state index contributed by atoms with van der Waals surface area (Å²) in [5, 5.41) is 16.2. The lowest BCUT2D eigenvalue weighted by atomic mass is 10.1. The number of hydrogen-bond acceptors (Lipinski definition) is 3. The van der Waals surface area contributed by atoms with E-state index in [2.05, 4.69) is 22.4 Å². The minimum atomic E-state index is 0.450. The number of oxime groups is 1. The Labute approximate surface area is 137 Å². The second kappa shape index (κ2) is 9.41. The van der Waals surface area contributed by atoms with Crippen LogP contribution in [0.5, 0.6) is 0 Å². The predicted octanol–water partition coefficient (Wildman–Crippen LogP) is 4.57. The molecule has 2 aromatic carbocycles. The van der Waals surface area contributed by atoms with Gasteiger partial charge in [0.1, 0.15) is 0 Å². The Kier molecular flexibility index (Phi) is 6.85. The van der Waals surface area contributed by atoms with Crippen LogP contribution in [0.3, 0.4) is 0 Å². The molecule has 0 saturated heterocycles. The first-order valence-corrected chi connectivity index (χ1v) is 7.99. The van der Waals surface area contributed by atoms with Crippen LogP contribution in [0.15, 0.2) is 70.8 Å². The van der Waals surface area contributed by atoms with Crippen molar-refractivity contribution in [2.24, 2.45) is 10.1 Å². The molecule has 4 nitrogen and oxygen atoms in total. The van der Waals surface area contributed by atoms with Crippen molar-refractivity contribution in [1.29, 1.82) is 0 Å². The van der Waals surface area contributed by atoms with Crippen LogP contribution in [0.25, 0.3) is 0 Å². The van der Waals surface area contributed by atoms with E-state index in [0.717, 1.165) is 30.5 Å². The molecule has 0 aliphatic rings. The van der Waals surface area contributed by atoms with E-state index < -0.39 is 0 Å². The van der Waals surface area contributed by atoms with Crippen LogP contribution in [0.1, 0.15) is 31.7 Å². The second-order valence-corrected chi connectivity index (χ2v) is 5.24. The highest BCUT2D eigenvalue weighted by molar-refractivity contribution is 6.50. The third kappa shape index (κ3) is 5.25. The Bertz CT molecular complexity index is 636. The zero-order valence-electron chi connectivity index (χ0n) is 13.4. The molecule has 0 aromatic heterocycles. The summed E-state index contributed by atoms with van der Waals surface area (Å²) in [5.41, 5.74) is 2.19. The molecule has 0 amide bonds. The van der Waals surface area contributed by atoms with Crippen molar-refractivity contribution in [1.82, 2.24) is 0 Å². The lowest BCUT2D eigenvalue weighted by Crippen LogP contribution is -2.25. The van der Waals surface area contributed by atoms with E-state index in [1.54, 1.807) is 0 Å². The first kappa shape index (κ1) is 16.7. The minimum absolute atomic E-state index is 0.450. The van der Waals surface area contributed by atoms with Gasteiger partial charge in [0, 0.05) is 17.8 Å². The average molecular weight is 309 g/mol. The first-order valence-electron chi connectivity index (χ1n) is 7.99. The van der Waals surface area contributed by atoms with Gasteiger partial charge in [0.2, 0.25) is 0 Å². The van der Waals surface area contributed by atoms with Crippen molar-refractivity contribution in [2.45, 2.75) is 26.2 Å². The highest BCUT2D eigenvalue weighted by Gasteiger charge is 2.12. The van der Waals surface area contributed by atoms with Crippen molar-refractivity contribution in [3.05, 3.63) is 66.2 Å². The van der Waals surface area contributed by atoms with Crippen LogP contribution in [0.2, 0.25) is 0 Å². The molecule has 4 heteroatoms. The summed E-state index contributed by atoms with van der Waals surface area (Å²) in [7, 11) is 0. The summed E-state index contributed by atoms with van der Waals surface area (Å²) >= 11 is 0. The van der Waals surface area contributed by atoms with Crippen molar-refractivity contribution < 1.29 is 5.21 Å². The van der Waals surface area contributed by atoms with Gasteiger partial charge in [-0.2, -0.15) is 0 Å². The Hall–Kier alpha value is -2.62. The van der Waals surface area contributed by atoms with Gasteiger partial charge in [0.25, 0.3) is 0 Å². The van der Waals surface area contributed by atoms with Crippen LogP contribution in [-0.4, -0.2) is 23.3 Å². The molecule has 0 unspecified atom stereocenters. The zero-order chi connectivity index (χ0) is 16.3. The van der Waals surface area contributed by atoms with Gasteiger partial charge < -0.3 is 10.5 Å². The summed E-state index contributed by atoms with van der Waals surface area (Å²) < 4.78 is 0. The summed E-state index contributed by atoms with van der Waals surface area (Å²) in [5.74, 6) is 0.584. The molecule has 0 bridgehead atoms. The lowest BCUT2D eigenvalue weighted by Gasteiger charge is -2.12. The Morgan fingerprint density at radius 1 is 0.957 bits per heavy atom. The lowest BCUT2D eigenvalue weighted by molar-refractivity contribution is 0.320. The third-order valence-corrected chi connectivity index (χ3v) is 3.44. The number of para-hydroxylation sites is 1. The molecular formula is C19H23N3O. The smallest absolute Gasteiger partial charge is 0.155 e. The van der Waals surface area contributed by atoms with Gasteiger partial charge >= 0.3 is 0 Å². The number of anilines is 1. The maximum absolute atomic E-state index is 9.50. The van der Waals surface area contributed by atoms with Crippen molar-refractivity contribution >= 4 is 17.2 Å². The Morgan fingerprint density at radius 3 is 2.22 bits per heavy atom. The molecule has 0 radical (unpaired) electrons. The van der Waals surface area contributed by atoms with E-state index in [4.69, 9.17) is 0 Å². The average Bonchev–Trinajstić information content (AvgIpc) is 2.61. The maximum atomic E-state index is 9.50. The SMILES string of the molecule is CCCCCN=C(Nc1ccccc1)/C(=N\O)c1ccccc1. The molecular weight excluding hydrogens is 286 g/mol. The van der Waals surface area contributed by atoms with Gasteiger partial charge in [-0.3, -0.25) is 4.99 Å². The highest BCUT2D eigenvalue weighted by atomic mass is 16.4. The fourth-order valence-electron chi connectivity index (χ4n) is 2.22. The number of unbranched alkanes of at least 4 members (excludes halogenated alkanes) is 2. The molecule has 2 N–H and O–H groups in total. The number of rotatable bonds is 7. The Balaban J connectivity index is 2.24. The van der Waals surface area contributed by atoms with E-state index in [1.165, 1.54) is 0 Å². The summed E-state index contributed by atoms with van der Waals surface area (Å²) in [6, 6.07) is 19.4. The molecule has 0 aliphatic heterocycles. The van der Waals surface area contributed by atoms with E-state index in [-0.39, 0.29) is 0 Å². The Morgan fingerprint density at radius 2 is 1.61 bits per heavy atom. The van der Waals surface area contributed by atoms with Crippen molar-refractivity contribution in [3.63, 3.8) is 0 Å². The van der Waals surface area contributed by atoms with Crippen LogP contribution in [0.4, 0.5) is 5.69 Å². The second-order valence-electron chi connectivity index (χ2n) is 5.24. The van der Waals surface area contributed by atoms with Gasteiger partial charge in [-0.1, -0.05) is 73.5 Å². The first-order chi connectivity index (χ1) is 11.3. The monoisotopic (exact) mass is 309 g/mol. The fourth-order valence-corrected chi connectivity index (χ4v) is 2.22. The zero-order valence-corrected chi connectivity index (χ0v) is 13.4. The van der Waals surface area contributed by atoms with E-state index in [9.17, 15) is 5.21 Å². The van der Waals surface area contributed by atoms with E-state index in [1.807, 2.05) is 60.7 Å². The molecule has 0 saturated carbocycles. The fraction of sp³-hybridized carbons (Fsp3) is 0.263. The van der Waals surface area contributed by atoms with Gasteiger partial charge in [0.15, 0.2) is 11.5 Å². The van der Waals surface area contributed by atoms with E-state index in [0.29, 0.717) is 18.1 Å². The molecule has 120 valence electrons. The summed E-state index contributed by atoms with van der Waals surface area (Å²) in [4.78, 5) is 4.62. The van der Waals surface area contributed by atoms with Crippen LogP contribution < -0.4 is 5.32 Å². The molecule has 23 heavy (non-hydrogen) atoms. The molecule has 0 spiro atoms. The standard InChI is InChI=1S/C19H23N3O/c1-2-3-10-15-20-19(21-17-13-8-5-9-14-17)18(22-23)16-11-6-4-7-12-16/h4-9,11-14,23H,2-3,10,15H2,1H3,(H,20,21)/b22-18-. The number of nitrogens with one attached hydrogen (secondary N) is 1. The molecule has 0 fully saturated rings. The molecule has 2 aromatic rings. The number of amidine groups is 1.